The summed E-state index contributed by atoms with van der Waals surface area (Å²) in [6.07, 6.45) is 3.30. The van der Waals surface area contributed by atoms with Gasteiger partial charge in [-0.2, -0.15) is 0 Å². The molecule has 3 rings (SSSR count). The molecule has 3 nitrogen and oxygen atoms in total. The van der Waals surface area contributed by atoms with Crippen molar-refractivity contribution in [3.63, 3.8) is 0 Å². The van der Waals surface area contributed by atoms with Crippen LogP contribution < -0.4 is 4.90 Å². The molecule has 5 heteroatoms. The second kappa shape index (κ2) is 5.26. The molecule has 0 unspecified atom stereocenters. The standard InChI is InChI=1S/C15H11NO2S2/c1-10-5-2-3-7-12(10)16-14(17)13(20-15(16)19)9-11-6-4-8-18-11/h2-9H,1H3/b13-9-. The molecule has 100 valence electrons. The van der Waals surface area contributed by atoms with Gasteiger partial charge in [0, 0.05) is 6.08 Å². The Bertz CT molecular complexity index is 704. The number of benzene rings is 1. The van der Waals surface area contributed by atoms with Crippen molar-refractivity contribution in [2.45, 2.75) is 6.92 Å². The van der Waals surface area contributed by atoms with E-state index in [2.05, 4.69) is 0 Å². The summed E-state index contributed by atoms with van der Waals surface area (Å²) in [6.45, 7) is 1.96. The number of thiocarbonyl (C=S) groups is 1. The molecule has 1 fully saturated rings. The van der Waals surface area contributed by atoms with Crippen LogP contribution in [0.15, 0.2) is 52.0 Å². The van der Waals surface area contributed by atoms with E-state index in [4.69, 9.17) is 16.6 Å². The number of furan rings is 1. The van der Waals surface area contributed by atoms with Gasteiger partial charge >= 0.3 is 0 Å². The van der Waals surface area contributed by atoms with Gasteiger partial charge in [-0.1, -0.05) is 42.2 Å². The van der Waals surface area contributed by atoms with Gasteiger partial charge in [-0.05, 0) is 30.7 Å². The molecule has 0 spiro atoms. The van der Waals surface area contributed by atoms with Crippen LogP contribution >= 0.6 is 24.0 Å². The number of hydrogen-bond acceptors (Lipinski definition) is 4. The number of amides is 1. The van der Waals surface area contributed by atoms with Crippen molar-refractivity contribution in [2.24, 2.45) is 0 Å². The van der Waals surface area contributed by atoms with Crippen LogP contribution in [0.4, 0.5) is 5.69 Å². The molecule has 0 N–H and O–H groups in total. The van der Waals surface area contributed by atoms with Gasteiger partial charge in [0.2, 0.25) is 0 Å². The maximum Gasteiger partial charge on any atom is 0.270 e. The van der Waals surface area contributed by atoms with Gasteiger partial charge in [-0.15, -0.1) is 0 Å². The summed E-state index contributed by atoms with van der Waals surface area (Å²) in [4.78, 5) is 14.7. The van der Waals surface area contributed by atoms with E-state index in [9.17, 15) is 4.79 Å². The number of para-hydroxylation sites is 1. The smallest absolute Gasteiger partial charge is 0.270 e. The van der Waals surface area contributed by atoms with E-state index in [1.807, 2.05) is 31.2 Å². The Labute approximate surface area is 126 Å². The number of anilines is 1. The van der Waals surface area contributed by atoms with Gasteiger partial charge in [0.15, 0.2) is 4.32 Å². The lowest BCUT2D eigenvalue weighted by Gasteiger charge is -2.16. The summed E-state index contributed by atoms with van der Waals surface area (Å²) in [5, 5.41) is 0. The second-order valence-corrected chi connectivity index (χ2v) is 5.99. The molecule has 1 saturated heterocycles. The van der Waals surface area contributed by atoms with Crippen molar-refractivity contribution in [1.29, 1.82) is 0 Å². The van der Waals surface area contributed by atoms with Gasteiger partial charge in [0.1, 0.15) is 5.76 Å². The number of rotatable bonds is 2. The minimum Gasteiger partial charge on any atom is -0.465 e. The summed E-state index contributed by atoms with van der Waals surface area (Å²) in [5.41, 5.74) is 1.85. The van der Waals surface area contributed by atoms with Gasteiger partial charge in [-0.25, -0.2) is 0 Å². The van der Waals surface area contributed by atoms with Crippen LogP contribution in [0.3, 0.4) is 0 Å². The number of nitrogens with zero attached hydrogens (tertiary/aromatic N) is 1. The number of carbonyl (C=O) groups is 1. The largest absolute Gasteiger partial charge is 0.465 e. The zero-order valence-electron chi connectivity index (χ0n) is 10.7. The van der Waals surface area contributed by atoms with Crippen molar-refractivity contribution in [3.05, 3.63) is 58.9 Å². The van der Waals surface area contributed by atoms with E-state index >= 15 is 0 Å². The van der Waals surface area contributed by atoms with Crippen molar-refractivity contribution in [2.75, 3.05) is 4.90 Å². The van der Waals surface area contributed by atoms with Crippen LogP contribution in [0.5, 0.6) is 0 Å². The minimum atomic E-state index is -0.106. The molecule has 1 amide bonds. The maximum atomic E-state index is 12.5. The first kappa shape index (κ1) is 13.1. The number of thioether (sulfide) groups is 1. The topological polar surface area (TPSA) is 33.5 Å². The SMILES string of the molecule is Cc1ccccc1N1C(=O)/C(=C/c2ccco2)SC1=S. The van der Waals surface area contributed by atoms with Crippen LogP contribution in [0.2, 0.25) is 0 Å². The van der Waals surface area contributed by atoms with Gasteiger partial charge < -0.3 is 4.42 Å². The zero-order valence-corrected chi connectivity index (χ0v) is 12.3. The molecule has 2 heterocycles. The fraction of sp³-hybridized carbons (Fsp3) is 0.0667. The molecule has 1 aromatic heterocycles. The van der Waals surface area contributed by atoms with Gasteiger partial charge in [0.05, 0.1) is 16.9 Å². The molecule has 0 bridgehead atoms. The van der Waals surface area contributed by atoms with E-state index in [0.717, 1.165) is 11.3 Å². The average Bonchev–Trinajstić information content (AvgIpc) is 3.01. The van der Waals surface area contributed by atoms with E-state index < -0.39 is 0 Å². The first-order valence-corrected chi connectivity index (χ1v) is 7.26. The lowest BCUT2D eigenvalue weighted by atomic mass is 10.2. The predicted molar refractivity (Wildman–Crippen MR) is 85.5 cm³/mol. The Balaban J connectivity index is 1.98. The van der Waals surface area contributed by atoms with Crippen molar-refractivity contribution in [1.82, 2.24) is 0 Å². The van der Waals surface area contributed by atoms with E-state index in [-0.39, 0.29) is 5.91 Å². The van der Waals surface area contributed by atoms with E-state index in [1.54, 1.807) is 29.4 Å². The van der Waals surface area contributed by atoms with Crippen molar-refractivity contribution < 1.29 is 9.21 Å². The fourth-order valence-corrected chi connectivity index (χ4v) is 3.26. The summed E-state index contributed by atoms with van der Waals surface area (Å²) < 4.78 is 5.78. The molecule has 0 saturated carbocycles. The summed E-state index contributed by atoms with van der Waals surface area (Å²) in [6, 6.07) is 11.3. The Morgan fingerprint density at radius 2 is 2.05 bits per heavy atom. The minimum absolute atomic E-state index is 0.106. The third kappa shape index (κ3) is 2.30. The normalized spacial score (nSPS) is 17.2. The third-order valence-electron chi connectivity index (χ3n) is 2.97. The summed E-state index contributed by atoms with van der Waals surface area (Å²) in [7, 11) is 0. The molecule has 20 heavy (non-hydrogen) atoms. The maximum absolute atomic E-state index is 12.5. The van der Waals surface area contributed by atoms with Crippen molar-refractivity contribution >= 4 is 46.0 Å². The van der Waals surface area contributed by atoms with Crippen LogP contribution in [0.1, 0.15) is 11.3 Å². The second-order valence-electron chi connectivity index (χ2n) is 4.32. The Kier molecular flexibility index (Phi) is 3.46. The average molecular weight is 301 g/mol. The molecule has 1 aromatic carbocycles. The molecule has 1 aliphatic heterocycles. The molecule has 0 aliphatic carbocycles. The molecule has 0 atom stereocenters. The van der Waals surface area contributed by atoms with Crippen LogP contribution in [0, 0.1) is 6.92 Å². The quantitative estimate of drug-likeness (QED) is 0.620. The molecular formula is C15H11NO2S2. The predicted octanol–water partition coefficient (Wildman–Crippen LogP) is 3.99. The summed E-state index contributed by atoms with van der Waals surface area (Å²) in [5.74, 6) is 0.543. The Hall–Kier alpha value is -1.85. The highest BCUT2D eigenvalue weighted by atomic mass is 32.2. The van der Waals surface area contributed by atoms with Gasteiger partial charge in [-0.3, -0.25) is 9.69 Å². The van der Waals surface area contributed by atoms with Crippen LogP contribution in [-0.4, -0.2) is 10.2 Å². The number of aryl methyl sites for hydroxylation is 1. The molecule has 1 aliphatic rings. The Morgan fingerprint density at radius 3 is 2.75 bits per heavy atom. The zero-order chi connectivity index (χ0) is 14.1. The number of hydrogen-bond donors (Lipinski definition) is 0. The highest BCUT2D eigenvalue weighted by Gasteiger charge is 2.34. The van der Waals surface area contributed by atoms with E-state index in [1.165, 1.54) is 11.8 Å². The lowest BCUT2D eigenvalue weighted by Crippen LogP contribution is -2.28. The molecule has 2 aromatic rings. The fourth-order valence-electron chi connectivity index (χ4n) is 1.99. The lowest BCUT2D eigenvalue weighted by molar-refractivity contribution is -0.113. The Morgan fingerprint density at radius 1 is 1.25 bits per heavy atom. The molecule has 0 radical (unpaired) electrons. The third-order valence-corrected chi connectivity index (χ3v) is 4.27. The van der Waals surface area contributed by atoms with Crippen molar-refractivity contribution in [3.8, 4) is 0 Å². The highest BCUT2D eigenvalue weighted by molar-refractivity contribution is 8.27. The monoisotopic (exact) mass is 301 g/mol. The first-order chi connectivity index (χ1) is 9.66. The van der Waals surface area contributed by atoms with Crippen LogP contribution in [-0.2, 0) is 4.79 Å². The molecular weight excluding hydrogens is 290 g/mol. The number of carbonyl (C=O) groups excluding carboxylic acids is 1. The van der Waals surface area contributed by atoms with E-state index in [0.29, 0.717) is 15.0 Å². The summed E-state index contributed by atoms with van der Waals surface area (Å²) >= 11 is 6.62. The van der Waals surface area contributed by atoms with Gasteiger partial charge in [0.25, 0.3) is 5.91 Å². The first-order valence-electron chi connectivity index (χ1n) is 6.04. The van der Waals surface area contributed by atoms with Crippen LogP contribution in [0.25, 0.3) is 6.08 Å². The highest BCUT2D eigenvalue weighted by Crippen LogP contribution is 2.37.